The second-order valence-corrected chi connectivity index (χ2v) is 9.37. The van der Waals surface area contributed by atoms with Crippen LogP contribution >= 0.6 is 0 Å². The Bertz CT molecular complexity index is 1280. The van der Waals surface area contributed by atoms with Gasteiger partial charge in [-0.05, 0) is 47.6 Å². The zero-order valence-electron chi connectivity index (χ0n) is 16.3. The summed E-state index contributed by atoms with van der Waals surface area (Å²) in [5.74, 6) is 0.579. The van der Waals surface area contributed by atoms with Gasteiger partial charge >= 0.3 is 0 Å². The molecule has 1 heterocycles. The first kappa shape index (κ1) is 18.7. The second-order valence-electron chi connectivity index (χ2n) is 7.47. The molecule has 1 N–H and O–H groups in total. The van der Waals surface area contributed by atoms with Gasteiger partial charge < -0.3 is 14.8 Å². The number of nitrogens with one attached hydrogen (secondary N) is 1. The molecule has 0 bridgehead atoms. The minimum Gasteiger partial charge on any atom is -0.454 e. The molecule has 2 aliphatic rings. The average molecular weight is 424 g/mol. The summed E-state index contributed by atoms with van der Waals surface area (Å²) in [6, 6.07) is 14.8. The maximum atomic E-state index is 12.8. The van der Waals surface area contributed by atoms with E-state index in [0.717, 1.165) is 28.8 Å². The van der Waals surface area contributed by atoms with E-state index >= 15 is 0 Å². The van der Waals surface area contributed by atoms with Gasteiger partial charge in [0.2, 0.25) is 22.7 Å². The van der Waals surface area contributed by atoms with Gasteiger partial charge in [0, 0.05) is 17.1 Å². The third kappa shape index (κ3) is 3.23. The van der Waals surface area contributed by atoms with Crippen LogP contribution in [-0.2, 0) is 27.7 Å². The number of fused-ring (bicyclic) bond motifs is 1. The summed E-state index contributed by atoms with van der Waals surface area (Å²) >= 11 is 0. The number of amides is 1. The molecule has 1 aliphatic carbocycles. The van der Waals surface area contributed by atoms with Gasteiger partial charge in [-0.1, -0.05) is 24.3 Å². The normalized spacial score (nSPS) is 14.2. The van der Waals surface area contributed by atoms with Gasteiger partial charge in [-0.25, -0.2) is 8.42 Å². The quantitative estimate of drug-likeness (QED) is 0.680. The minimum atomic E-state index is -3.69. The Morgan fingerprint density at radius 1 is 1.03 bits per heavy atom. The number of anilines is 2. The average Bonchev–Trinajstić information content (AvgIpc) is 3.35. The Hall–Kier alpha value is -3.26. The lowest BCUT2D eigenvalue weighted by atomic mass is 10.0. The van der Waals surface area contributed by atoms with Crippen LogP contribution in [0.15, 0.2) is 48.5 Å². The molecule has 0 atom stereocenters. The molecule has 1 aliphatic heterocycles. The van der Waals surface area contributed by atoms with Crippen molar-refractivity contribution in [1.82, 2.24) is 0 Å². The Balaban J connectivity index is 1.43. The molecule has 3 aromatic rings. The van der Waals surface area contributed by atoms with Crippen molar-refractivity contribution in [3.63, 3.8) is 0 Å². The number of benzene rings is 3. The zero-order valence-corrected chi connectivity index (χ0v) is 17.2. The fraction of sp³-hybridized carbons (Fsp3) is 0.227. The molecule has 1 amide bonds. The monoisotopic (exact) mass is 424 g/mol. The van der Waals surface area contributed by atoms with Gasteiger partial charge in [-0.15, -0.1) is 0 Å². The van der Waals surface area contributed by atoms with E-state index in [2.05, 4.69) is 11.4 Å². The standard InChI is InChI=1S/C22H20N2O5S/c1-30(26,27)24(16-8-10-19-20(11-16)29-13-28-19)12-21(25)23-18-9-7-15-6-5-14-3-2-4-17(18)22(14)15/h2-4,7-11H,5-6,12-13H2,1H3,(H,23,25). The van der Waals surface area contributed by atoms with E-state index in [0.29, 0.717) is 22.9 Å². The molecule has 0 radical (unpaired) electrons. The molecule has 7 nitrogen and oxygen atoms in total. The summed E-state index contributed by atoms with van der Waals surface area (Å²) < 4.78 is 36.5. The van der Waals surface area contributed by atoms with Crippen molar-refractivity contribution in [2.45, 2.75) is 12.8 Å². The van der Waals surface area contributed by atoms with Crippen LogP contribution in [0.1, 0.15) is 11.1 Å². The maximum absolute atomic E-state index is 12.8. The van der Waals surface area contributed by atoms with E-state index in [9.17, 15) is 13.2 Å². The van der Waals surface area contributed by atoms with Gasteiger partial charge in [-0.2, -0.15) is 0 Å². The van der Waals surface area contributed by atoms with Crippen molar-refractivity contribution in [1.29, 1.82) is 0 Å². The van der Waals surface area contributed by atoms with Crippen LogP contribution in [0.5, 0.6) is 11.5 Å². The van der Waals surface area contributed by atoms with Crippen LogP contribution in [0, 0.1) is 0 Å². The number of rotatable bonds is 5. The molecular weight excluding hydrogens is 404 g/mol. The highest BCUT2D eigenvalue weighted by atomic mass is 32.2. The molecule has 0 spiro atoms. The zero-order chi connectivity index (χ0) is 20.9. The van der Waals surface area contributed by atoms with Crippen molar-refractivity contribution in [2.24, 2.45) is 0 Å². The van der Waals surface area contributed by atoms with E-state index in [1.807, 2.05) is 24.3 Å². The van der Waals surface area contributed by atoms with Crippen molar-refractivity contribution < 1.29 is 22.7 Å². The van der Waals surface area contributed by atoms with Gasteiger partial charge in [0.15, 0.2) is 11.5 Å². The van der Waals surface area contributed by atoms with Gasteiger partial charge in [-0.3, -0.25) is 9.10 Å². The first-order chi connectivity index (χ1) is 14.4. The molecule has 8 heteroatoms. The predicted octanol–water partition coefficient (Wildman–Crippen LogP) is 3.07. The number of carbonyl (C=O) groups is 1. The lowest BCUT2D eigenvalue weighted by molar-refractivity contribution is -0.114. The summed E-state index contributed by atoms with van der Waals surface area (Å²) in [5, 5.41) is 5.05. The van der Waals surface area contributed by atoms with Gasteiger partial charge in [0.1, 0.15) is 6.54 Å². The molecular formula is C22H20N2O5S. The maximum Gasteiger partial charge on any atom is 0.245 e. The van der Waals surface area contributed by atoms with Gasteiger partial charge in [0.05, 0.1) is 11.9 Å². The Kier molecular flexibility index (Phi) is 4.32. The van der Waals surface area contributed by atoms with E-state index < -0.39 is 15.9 Å². The summed E-state index contributed by atoms with van der Waals surface area (Å²) in [6.45, 7) is -0.259. The van der Waals surface area contributed by atoms with Crippen LogP contribution in [0.2, 0.25) is 0 Å². The summed E-state index contributed by atoms with van der Waals surface area (Å²) in [6.07, 6.45) is 3.07. The third-order valence-corrected chi connectivity index (χ3v) is 6.62. The topological polar surface area (TPSA) is 84.9 Å². The smallest absolute Gasteiger partial charge is 0.245 e. The van der Waals surface area contributed by atoms with Crippen molar-refractivity contribution in [3.8, 4) is 11.5 Å². The summed E-state index contributed by atoms with van der Waals surface area (Å²) in [7, 11) is -3.69. The Morgan fingerprint density at radius 3 is 2.60 bits per heavy atom. The van der Waals surface area contributed by atoms with Gasteiger partial charge in [0.25, 0.3) is 0 Å². The molecule has 3 aromatic carbocycles. The molecule has 0 saturated heterocycles. The third-order valence-electron chi connectivity index (χ3n) is 5.48. The van der Waals surface area contributed by atoms with Crippen molar-refractivity contribution in [2.75, 3.05) is 29.2 Å². The molecule has 30 heavy (non-hydrogen) atoms. The van der Waals surface area contributed by atoms with Crippen LogP contribution < -0.4 is 19.1 Å². The number of hydrogen-bond donors (Lipinski definition) is 1. The number of sulfonamides is 1. The first-order valence-electron chi connectivity index (χ1n) is 9.61. The largest absolute Gasteiger partial charge is 0.454 e. The van der Waals surface area contributed by atoms with Crippen molar-refractivity contribution in [3.05, 3.63) is 59.7 Å². The molecule has 0 fully saturated rings. The second kappa shape index (κ2) is 6.91. The fourth-order valence-corrected chi connectivity index (χ4v) is 4.96. The lowest BCUT2D eigenvalue weighted by Gasteiger charge is -2.22. The number of aryl methyl sites for hydroxylation is 2. The van der Waals surface area contributed by atoms with E-state index in [4.69, 9.17) is 9.47 Å². The highest BCUT2D eigenvalue weighted by molar-refractivity contribution is 7.92. The minimum absolute atomic E-state index is 0.0865. The molecule has 0 aromatic heterocycles. The number of nitrogens with zero attached hydrogens (tertiary/aromatic N) is 1. The number of carbonyl (C=O) groups excluding carboxylic acids is 1. The molecule has 154 valence electrons. The van der Waals surface area contributed by atoms with E-state index in [-0.39, 0.29) is 13.3 Å². The fourth-order valence-electron chi connectivity index (χ4n) is 4.12. The highest BCUT2D eigenvalue weighted by Crippen LogP contribution is 2.37. The first-order valence-corrected chi connectivity index (χ1v) is 11.5. The molecule has 0 saturated carbocycles. The highest BCUT2D eigenvalue weighted by Gasteiger charge is 2.24. The lowest BCUT2D eigenvalue weighted by Crippen LogP contribution is -2.37. The number of hydrogen-bond acceptors (Lipinski definition) is 5. The van der Waals surface area contributed by atoms with Crippen LogP contribution in [0.4, 0.5) is 11.4 Å². The van der Waals surface area contributed by atoms with E-state index in [1.54, 1.807) is 18.2 Å². The van der Waals surface area contributed by atoms with E-state index in [1.165, 1.54) is 16.5 Å². The predicted molar refractivity (Wildman–Crippen MR) is 115 cm³/mol. The SMILES string of the molecule is CS(=O)(=O)N(CC(=O)Nc1ccc2c3c(cccc13)CC2)c1ccc2c(c1)OCO2. The van der Waals surface area contributed by atoms with Crippen LogP contribution in [-0.4, -0.2) is 33.9 Å². The molecule has 5 rings (SSSR count). The summed E-state index contributed by atoms with van der Waals surface area (Å²) in [5.41, 5.74) is 3.58. The Morgan fingerprint density at radius 2 is 1.80 bits per heavy atom. The van der Waals surface area contributed by atoms with Crippen molar-refractivity contribution >= 4 is 38.1 Å². The van der Waals surface area contributed by atoms with Crippen LogP contribution in [0.25, 0.3) is 10.8 Å². The molecule has 0 unspecified atom stereocenters. The Labute approximate surface area is 174 Å². The summed E-state index contributed by atoms with van der Waals surface area (Å²) in [4.78, 5) is 12.8. The van der Waals surface area contributed by atoms with Crippen LogP contribution in [0.3, 0.4) is 0 Å². The number of ether oxygens (including phenoxy) is 2.